The Morgan fingerprint density at radius 3 is 2.45 bits per heavy atom. The second-order valence-corrected chi connectivity index (χ2v) is 7.63. The molecule has 1 unspecified atom stereocenters. The maximum absolute atomic E-state index is 13.0. The number of rotatable bonds is 5. The lowest BCUT2D eigenvalue weighted by Crippen LogP contribution is -2.31. The van der Waals surface area contributed by atoms with Crippen molar-refractivity contribution >= 4 is 28.9 Å². The van der Waals surface area contributed by atoms with Crippen LogP contribution in [0.15, 0.2) is 48.5 Å². The number of nitrogens with zero attached hydrogens (tertiary/aromatic N) is 2. The van der Waals surface area contributed by atoms with Crippen molar-refractivity contribution in [1.82, 2.24) is 0 Å². The lowest BCUT2D eigenvalue weighted by Gasteiger charge is -2.30. The van der Waals surface area contributed by atoms with Gasteiger partial charge in [-0.3, -0.25) is 9.59 Å². The van der Waals surface area contributed by atoms with E-state index in [1.807, 2.05) is 42.5 Å². The second-order valence-electron chi connectivity index (χ2n) is 7.63. The number of anilines is 3. The Balaban J connectivity index is 1.48. The molecule has 1 N–H and O–H groups in total. The zero-order valence-corrected chi connectivity index (χ0v) is 16.8. The molecule has 0 aliphatic carbocycles. The van der Waals surface area contributed by atoms with Gasteiger partial charge in [0.15, 0.2) is 0 Å². The fourth-order valence-corrected chi connectivity index (χ4v) is 4.19. The molecule has 0 aromatic heterocycles. The molecule has 0 spiro atoms. The largest absolute Gasteiger partial charge is 0.495 e. The van der Waals surface area contributed by atoms with Crippen molar-refractivity contribution in [2.45, 2.75) is 25.7 Å². The average molecular weight is 393 g/mol. The van der Waals surface area contributed by atoms with Crippen molar-refractivity contribution < 1.29 is 14.3 Å². The summed E-state index contributed by atoms with van der Waals surface area (Å²) < 4.78 is 5.38. The van der Waals surface area contributed by atoms with Gasteiger partial charge < -0.3 is 19.9 Å². The number of amides is 2. The quantitative estimate of drug-likeness (QED) is 0.842. The highest BCUT2D eigenvalue weighted by atomic mass is 16.5. The Morgan fingerprint density at radius 2 is 1.69 bits per heavy atom. The molecule has 2 fully saturated rings. The van der Waals surface area contributed by atoms with Crippen LogP contribution in [0.3, 0.4) is 0 Å². The summed E-state index contributed by atoms with van der Waals surface area (Å²) in [5, 5.41) is 3.08. The van der Waals surface area contributed by atoms with Gasteiger partial charge in [-0.05, 0) is 43.5 Å². The first-order valence-electron chi connectivity index (χ1n) is 10.3. The number of carbonyl (C=O) groups is 2. The smallest absolute Gasteiger partial charge is 0.229 e. The van der Waals surface area contributed by atoms with Gasteiger partial charge in [0.2, 0.25) is 11.8 Å². The maximum atomic E-state index is 13.0. The highest BCUT2D eigenvalue weighted by Crippen LogP contribution is 2.34. The summed E-state index contributed by atoms with van der Waals surface area (Å²) in [5.41, 5.74) is 2.60. The van der Waals surface area contributed by atoms with Crippen LogP contribution in [0.4, 0.5) is 17.1 Å². The molecule has 2 saturated heterocycles. The number of methoxy groups -OCH3 is 1. The van der Waals surface area contributed by atoms with Crippen molar-refractivity contribution in [3.8, 4) is 5.75 Å². The van der Waals surface area contributed by atoms with Crippen LogP contribution in [-0.4, -0.2) is 38.6 Å². The van der Waals surface area contributed by atoms with Crippen LogP contribution in [0.1, 0.15) is 25.7 Å². The molecule has 2 amide bonds. The minimum atomic E-state index is -0.387. The van der Waals surface area contributed by atoms with Crippen molar-refractivity contribution in [3.05, 3.63) is 48.5 Å². The molecule has 0 radical (unpaired) electrons. The summed E-state index contributed by atoms with van der Waals surface area (Å²) in [6.07, 6.45) is 3.81. The molecule has 2 aliphatic heterocycles. The molecule has 29 heavy (non-hydrogen) atoms. The van der Waals surface area contributed by atoms with Crippen LogP contribution >= 0.6 is 0 Å². The summed E-state index contributed by atoms with van der Waals surface area (Å²) in [6.45, 7) is 2.38. The Hall–Kier alpha value is -3.02. The van der Waals surface area contributed by atoms with Crippen molar-refractivity contribution in [2.24, 2.45) is 5.92 Å². The molecule has 0 bridgehead atoms. The van der Waals surface area contributed by atoms with E-state index in [1.54, 1.807) is 12.0 Å². The molecular formula is C23H27N3O3. The van der Waals surface area contributed by atoms with Crippen molar-refractivity contribution in [2.75, 3.05) is 41.9 Å². The highest BCUT2D eigenvalue weighted by Gasteiger charge is 2.36. The molecule has 2 aromatic carbocycles. The monoisotopic (exact) mass is 393 g/mol. The molecule has 1 atom stereocenters. The van der Waals surface area contributed by atoms with Gasteiger partial charge in [-0.2, -0.15) is 0 Å². The minimum absolute atomic E-state index is 0.0565. The number of hydrogen-bond acceptors (Lipinski definition) is 4. The number of nitrogens with one attached hydrogen (secondary N) is 1. The van der Waals surface area contributed by atoms with E-state index in [0.29, 0.717) is 18.0 Å². The first-order valence-corrected chi connectivity index (χ1v) is 10.3. The van der Waals surface area contributed by atoms with Crippen LogP contribution < -0.4 is 19.9 Å². The lowest BCUT2D eigenvalue weighted by atomic mass is 10.1. The Labute approximate surface area is 171 Å². The average Bonchev–Trinajstić information content (AvgIpc) is 3.16. The van der Waals surface area contributed by atoms with Gasteiger partial charge in [-0.25, -0.2) is 0 Å². The number of ether oxygens (including phenoxy) is 1. The van der Waals surface area contributed by atoms with Crippen LogP contribution in [0.2, 0.25) is 0 Å². The van der Waals surface area contributed by atoms with Gasteiger partial charge in [0.25, 0.3) is 0 Å². The molecule has 152 valence electrons. The van der Waals surface area contributed by atoms with Gasteiger partial charge >= 0.3 is 0 Å². The molecule has 6 heteroatoms. The van der Waals surface area contributed by atoms with Gasteiger partial charge in [0.1, 0.15) is 5.75 Å². The summed E-state index contributed by atoms with van der Waals surface area (Å²) in [4.78, 5) is 29.6. The van der Waals surface area contributed by atoms with E-state index in [4.69, 9.17) is 4.74 Å². The summed E-state index contributed by atoms with van der Waals surface area (Å²) >= 11 is 0. The number of hydrogen-bond donors (Lipinski definition) is 1. The zero-order chi connectivity index (χ0) is 20.2. The van der Waals surface area contributed by atoms with Gasteiger partial charge in [-0.15, -0.1) is 0 Å². The summed E-state index contributed by atoms with van der Waals surface area (Å²) in [5.74, 6) is 0.0818. The molecular weight excluding hydrogens is 366 g/mol. The topological polar surface area (TPSA) is 61.9 Å². The molecule has 2 aromatic rings. The zero-order valence-electron chi connectivity index (χ0n) is 16.8. The van der Waals surface area contributed by atoms with E-state index < -0.39 is 0 Å². The number of piperidine rings is 1. The van der Waals surface area contributed by atoms with Gasteiger partial charge in [-0.1, -0.05) is 24.3 Å². The van der Waals surface area contributed by atoms with Crippen LogP contribution in [0, 0.1) is 5.92 Å². The number of benzene rings is 2. The fraction of sp³-hybridized carbons (Fsp3) is 0.391. The lowest BCUT2D eigenvalue weighted by molar-refractivity contribution is -0.122. The van der Waals surface area contributed by atoms with E-state index in [1.165, 1.54) is 19.3 Å². The minimum Gasteiger partial charge on any atom is -0.495 e. The van der Waals surface area contributed by atoms with Gasteiger partial charge in [0, 0.05) is 26.1 Å². The normalized spacial score (nSPS) is 19.3. The van der Waals surface area contributed by atoms with Crippen molar-refractivity contribution in [3.63, 3.8) is 0 Å². The number of carbonyl (C=O) groups excluding carboxylic acids is 2. The molecule has 6 nitrogen and oxygen atoms in total. The first-order chi connectivity index (χ1) is 14.2. The number of para-hydroxylation sites is 4. The second kappa shape index (κ2) is 8.55. The predicted molar refractivity (Wildman–Crippen MR) is 115 cm³/mol. The highest BCUT2D eigenvalue weighted by molar-refractivity contribution is 6.05. The fourth-order valence-electron chi connectivity index (χ4n) is 4.19. The molecule has 2 heterocycles. The molecule has 4 rings (SSSR count). The van der Waals surface area contributed by atoms with Gasteiger partial charge in [0.05, 0.1) is 30.1 Å². The van der Waals surface area contributed by atoms with E-state index in [0.717, 1.165) is 24.5 Å². The van der Waals surface area contributed by atoms with Crippen molar-refractivity contribution in [1.29, 1.82) is 0 Å². The molecule has 2 aliphatic rings. The first kappa shape index (κ1) is 19.3. The summed E-state index contributed by atoms with van der Waals surface area (Å²) in [7, 11) is 1.58. The van der Waals surface area contributed by atoms with E-state index in [9.17, 15) is 9.59 Å². The van der Waals surface area contributed by atoms with E-state index in [2.05, 4.69) is 16.3 Å². The van der Waals surface area contributed by atoms with E-state index in [-0.39, 0.29) is 24.2 Å². The third kappa shape index (κ3) is 4.06. The Morgan fingerprint density at radius 1 is 1.00 bits per heavy atom. The Bertz CT molecular complexity index is 892. The maximum Gasteiger partial charge on any atom is 0.229 e. The van der Waals surface area contributed by atoms with E-state index >= 15 is 0 Å². The Kier molecular flexibility index (Phi) is 5.69. The SMILES string of the molecule is COc1ccccc1N1CC(C(=O)Nc2ccccc2N2CCCCC2)CC1=O. The van der Waals surface area contributed by atoms with Crippen LogP contribution in [-0.2, 0) is 9.59 Å². The standard InChI is InChI=1S/C23H27N3O3/c1-29-21-12-6-5-11-20(21)26-16-17(15-22(26)27)23(28)24-18-9-3-4-10-19(18)25-13-7-2-8-14-25/h3-6,9-12,17H,2,7-8,13-16H2,1H3,(H,24,28). The summed E-state index contributed by atoms with van der Waals surface area (Å²) in [6, 6.07) is 15.3. The van der Waals surface area contributed by atoms with Crippen LogP contribution in [0.5, 0.6) is 5.75 Å². The third-order valence-electron chi connectivity index (χ3n) is 5.73. The predicted octanol–water partition coefficient (Wildman–Crippen LogP) is 3.68. The van der Waals surface area contributed by atoms with Crippen LogP contribution in [0.25, 0.3) is 0 Å². The molecule has 0 saturated carbocycles. The third-order valence-corrected chi connectivity index (χ3v) is 5.73.